The van der Waals surface area contributed by atoms with Crippen molar-refractivity contribution in [1.82, 2.24) is 25.6 Å². The summed E-state index contributed by atoms with van der Waals surface area (Å²) in [5.41, 5.74) is 6.84. The minimum atomic E-state index is -0.851. The first-order valence-electron chi connectivity index (χ1n) is 5.72. The first-order valence-corrected chi connectivity index (χ1v) is 5.72. The highest BCUT2D eigenvalue weighted by Crippen LogP contribution is 2.26. The van der Waals surface area contributed by atoms with E-state index in [0.717, 1.165) is 5.56 Å². The van der Waals surface area contributed by atoms with Crippen LogP contribution in [0.5, 0.6) is 0 Å². The summed E-state index contributed by atoms with van der Waals surface area (Å²) < 4.78 is 5.24. The highest BCUT2D eigenvalue weighted by molar-refractivity contribution is 5.45. The zero-order valence-corrected chi connectivity index (χ0v) is 10.2. The summed E-state index contributed by atoms with van der Waals surface area (Å²) in [6.07, 6.45) is 1.52. The fourth-order valence-corrected chi connectivity index (χ4v) is 1.76. The van der Waals surface area contributed by atoms with Crippen LogP contribution in [0.4, 0.5) is 0 Å². The minimum absolute atomic E-state index is 0.330. The molecule has 2 aromatic heterocycles. The molecular formula is C12H12N6O. The van der Waals surface area contributed by atoms with E-state index in [9.17, 15) is 0 Å². The van der Waals surface area contributed by atoms with E-state index in [1.165, 1.54) is 6.20 Å². The summed E-state index contributed by atoms with van der Waals surface area (Å²) in [6, 6.07) is 9.58. The van der Waals surface area contributed by atoms with Gasteiger partial charge in [0.1, 0.15) is 5.54 Å². The van der Waals surface area contributed by atoms with Crippen LogP contribution in [-0.4, -0.2) is 25.6 Å². The lowest BCUT2D eigenvalue weighted by Gasteiger charge is -2.19. The van der Waals surface area contributed by atoms with E-state index in [1.807, 2.05) is 37.3 Å². The van der Waals surface area contributed by atoms with E-state index in [4.69, 9.17) is 10.3 Å². The lowest BCUT2D eigenvalue weighted by molar-refractivity contribution is 0.325. The second-order valence-electron chi connectivity index (χ2n) is 4.35. The van der Waals surface area contributed by atoms with Crippen LogP contribution >= 0.6 is 0 Å². The van der Waals surface area contributed by atoms with Crippen LogP contribution < -0.4 is 5.73 Å². The minimum Gasteiger partial charge on any atom is -0.336 e. The predicted octanol–water partition coefficient (Wildman–Crippen LogP) is 1.08. The Labute approximate surface area is 108 Å². The van der Waals surface area contributed by atoms with Crippen LogP contribution in [0.15, 0.2) is 41.1 Å². The van der Waals surface area contributed by atoms with Gasteiger partial charge >= 0.3 is 0 Å². The van der Waals surface area contributed by atoms with Gasteiger partial charge in [0, 0.05) is 0 Å². The fraction of sp³-hybridized carbons (Fsp3) is 0.167. The zero-order chi connectivity index (χ0) is 13.3. The van der Waals surface area contributed by atoms with Crippen molar-refractivity contribution in [3.63, 3.8) is 0 Å². The van der Waals surface area contributed by atoms with Gasteiger partial charge in [-0.1, -0.05) is 35.5 Å². The van der Waals surface area contributed by atoms with Gasteiger partial charge in [0.2, 0.25) is 5.82 Å². The predicted molar refractivity (Wildman–Crippen MR) is 66.8 cm³/mol. The lowest BCUT2D eigenvalue weighted by atomic mass is 9.93. The summed E-state index contributed by atoms with van der Waals surface area (Å²) in [7, 11) is 0. The second-order valence-corrected chi connectivity index (χ2v) is 4.35. The largest absolute Gasteiger partial charge is 0.336 e. The highest BCUT2D eigenvalue weighted by atomic mass is 16.5. The van der Waals surface area contributed by atoms with Gasteiger partial charge in [-0.15, -0.1) is 0 Å². The molecule has 3 N–H and O–H groups in total. The lowest BCUT2D eigenvalue weighted by Crippen LogP contribution is -2.34. The van der Waals surface area contributed by atoms with Gasteiger partial charge < -0.3 is 10.3 Å². The number of nitrogens with two attached hydrogens (primary N) is 1. The van der Waals surface area contributed by atoms with Gasteiger partial charge in [0.05, 0.1) is 6.20 Å². The van der Waals surface area contributed by atoms with Crippen LogP contribution in [-0.2, 0) is 5.54 Å². The molecule has 1 atom stereocenters. The molecule has 0 bridgehead atoms. The summed E-state index contributed by atoms with van der Waals surface area (Å²) in [5, 5.41) is 13.9. The maximum Gasteiger partial charge on any atom is 0.251 e. The molecule has 7 heteroatoms. The van der Waals surface area contributed by atoms with E-state index >= 15 is 0 Å². The van der Waals surface area contributed by atoms with E-state index in [2.05, 4.69) is 25.6 Å². The van der Waals surface area contributed by atoms with Crippen molar-refractivity contribution in [2.45, 2.75) is 12.5 Å². The topological polar surface area (TPSA) is 107 Å². The van der Waals surface area contributed by atoms with Crippen molar-refractivity contribution in [3.05, 3.63) is 48.0 Å². The van der Waals surface area contributed by atoms with Gasteiger partial charge in [-0.3, -0.25) is 0 Å². The third-order valence-electron chi connectivity index (χ3n) is 2.89. The number of nitrogens with one attached hydrogen (secondary N) is 1. The molecule has 0 aliphatic heterocycles. The molecule has 2 heterocycles. The number of hydrogen-bond acceptors (Lipinski definition) is 6. The van der Waals surface area contributed by atoms with E-state index < -0.39 is 5.54 Å². The van der Waals surface area contributed by atoms with Crippen LogP contribution in [0.3, 0.4) is 0 Å². The summed E-state index contributed by atoms with van der Waals surface area (Å²) in [4.78, 5) is 4.28. The van der Waals surface area contributed by atoms with Gasteiger partial charge in [-0.25, -0.2) is 0 Å². The van der Waals surface area contributed by atoms with E-state index in [1.54, 1.807) is 0 Å². The summed E-state index contributed by atoms with van der Waals surface area (Å²) in [6.45, 7) is 1.82. The molecule has 19 heavy (non-hydrogen) atoms. The molecule has 0 saturated heterocycles. The average Bonchev–Trinajstić information content (AvgIpc) is 3.10. The number of H-pyrrole nitrogens is 1. The molecule has 0 radical (unpaired) electrons. The van der Waals surface area contributed by atoms with Crippen molar-refractivity contribution in [3.8, 4) is 11.5 Å². The van der Waals surface area contributed by atoms with Crippen molar-refractivity contribution < 1.29 is 4.52 Å². The molecule has 0 saturated carbocycles. The molecule has 7 nitrogen and oxygen atoms in total. The first kappa shape index (κ1) is 11.5. The fourth-order valence-electron chi connectivity index (χ4n) is 1.76. The first-order chi connectivity index (χ1) is 9.18. The Morgan fingerprint density at radius 1 is 1.26 bits per heavy atom. The monoisotopic (exact) mass is 256 g/mol. The normalized spacial score (nSPS) is 14.2. The second kappa shape index (κ2) is 4.29. The Hall–Kier alpha value is -2.54. The van der Waals surface area contributed by atoms with Crippen molar-refractivity contribution >= 4 is 0 Å². The Bertz CT molecular complexity index is 659. The maximum absolute atomic E-state index is 6.29. The average molecular weight is 256 g/mol. The number of benzene rings is 1. The molecule has 0 amide bonds. The molecule has 1 unspecified atom stereocenters. The number of rotatable bonds is 3. The molecule has 0 spiro atoms. The molecule has 3 aromatic rings. The summed E-state index contributed by atoms with van der Waals surface area (Å²) in [5.74, 6) is 0.688. The molecule has 0 aliphatic rings. The third kappa shape index (κ3) is 2.00. The van der Waals surface area contributed by atoms with Gasteiger partial charge in [0.25, 0.3) is 5.89 Å². The number of aromatic amines is 1. The van der Waals surface area contributed by atoms with E-state index in [0.29, 0.717) is 17.4 Å². The Kier molecular flexibility index (Phi) is 2.60. The van der Waals surface area contributed by atoms with Gasteiger partial charge in [-0.05, 0) is 12.5 Å². The van der Waals surface area contributed by atoms with Crippen LogP contribution in [0.2, 0.25) is 0 Å². The third-order valence-corrected chi connectivity index (χ3v) is 2.89. The Morgan fingerprint density at radius 3 is 2.74 bits per heavy atom. The molecule has 0 fully saturated rings. The maximum atomic E-state index is 6.29. The van der Waals surface area contributed by atoms with Gasteiger partial charge in [0.15, 0.2) is 5.69 Å². The molecular weight excluding hydrogens is 244 g/mol. The number of hydrogen-bond donors (Lipinski definition) is 2. The summed E-state index contributed by atoms with van der Waals surface area (Å²) >= 11 is 0. The van der Waals surface area contributed by atoms with Crippen LogP contribution in [0, 0.1) is 0 Å². The molecule has 1 aromatic carbocycles. The highest BCUT2D eigenvalue weighted by Gasteiger charge is 2.30. The molecule has 3 rings (SSSR count). The van der Waals surface area contributed by atoms with Crippen molar-refractivity contribution in [1.29, 1.82) is 0 Å². The van der Waals surface area contributed by atoms with Crippen molar-refractivity contribution in [2.24, 2.45) is 5.73 Å². The van der Waals surface area contributed by atoms with E-state index in [-0.39, 0.29) is 0 Å². The standard InChI is InChI=1S/C12H12N6O/c1-12(13,8-5-3-2-4-6-8)11-15-10(17-19-11)9-7-14-18-16-9/h2-7H,13H2,1H3,(H,14,16,18). The van der Waals surface area contributed by atoms with Crippen LogP contribution in [0.25, 0.3) is 11.5 Å². The molecule has 96 valence electrons. The SMILES string of the molecule is CC(N)(c1ccccc1)c1nc(-c2cn[nH]n2)no1. The zero-order valence-electron chi connectivity index (χ0n) is 10.2. The Morgan fingerprint density at radius 2 is 2.05 bits per heavy atom. The van der Waals surface area contributed by atoms with Gasteiger partial charge in [-0.2, -0.15) is 20.4 Å². The molecule has 0 aliphatic carbocycles. The quantitative estimate of drug-likeness (QED) is 0.726. The Balaban J connectivity index is 1.99. The number of nitrogens with zero attached hydrogens (tertiary/aromatic N) is 4. The smallest absolute Gasteiger partial charge is 0.251 e. The number of aromatic nitrogens is 5. The van der Waals surface area contributed by atoms with Crippen molar-refractivity contribution in [2.75, 3.05) is 0 Å². The van der Waals surface area contributed by atoms with Crippen LogP contribution in [0.1, 0.15) is 18.4 Å².